The number of benzene rings is 3. The van der Waals surface area contributed by atoms with E-state index in [1.54, 1.807) is 30.3 Å². The van der Waals surface area contributed by atoms with E-state index in [1.165, 1.54) is 24.3 Å². The predicted octanol–water partition coefficient (Wildman–Crippen LogP) is 5.17. The Morgan fingerprint density at radius 1 is 0.861 bits per heavy atom. The van der Waals surface area contributed by atoms with Crippen molar-refractivity contribution in [3.63, 3.8) is 0 Å². The van der Waals surface area contributed by atoms with Crippen molar-refractivity contribution in [1.82, 2.24) is 5.32 Å². The fourth-order valence-electron chi connectivity index (χ4n) is 3.97. The molecule has 1 N–H and O–H groups in total. The molecule has 4 rings (SSSR count). The number of imide groups is 2. The number of methoxy groups -OCH3 is 1. The van der Waals surface area contributed by atoms with Gasteiger partial charge < -0.3 is 9.47 Å². The lowest BCUT2D eigenvalue weighted by Gasteiger charge is -2.28. The molecule has 1 heterocycles. The van der Waals surface area contributed by atoms with Crippen LogP contribution in [0.5, 0.6) is 11.5 Å². The van der Waals surface area contributed by atoms with Gasteiger partial charge in [-0.3, -0.25) is 14.9 Å². The zero-order valence-corrected chi connectivity index (χ0v) is 21.0. The maximum absolute atomic E-state index is 13.3. The van der Waals surface area contributed by atoms with Crippen molar-refractivity contribution >= 4 is 29.6 Å². The SMILES string of the molecule is COc1cc(/C=C2\C(=O)NC(=O)N(c3cccc(C)c3C)C2=O)ccc1OCc1ccc(C)c(C)c1. The number of rotatable bonds is 6. The van der Waals surface area contributed by atoms with E-state index in [4.69, 9.17) is 9.47 Å². The molecule has 4 amide bonds. The number of urea groups is 1. The minimum absolute atomic E-state index is 0.152. The van der Waals surface area contributed by atoms with Gasteiger partial charge in [0.1, 0.15) is 12.2 Å². The monoisotopic (exact) mass is 484 g/mol. The number of nitrogens with zero attached hydrogens (tertiary/aromatic N) is 1. The summed E-state index contributed by atoms with van der Waals surface area (Å²) in [7, 11) is 1.52. The largest absolute Gasteiger partial charge is 0.493 e. The fourth-order valence-corrected chi connectivity index (χ4v) is 3.97. The molecule has 0 aliphatic carbocycles. The second-order valence-electron chi connectivity index (χ2n) is 8.79. The molecule has 7 heteroatoms. The highest BCUT2D eigenvalue weighted by molar-refractivity contribution is 6.39. The van der Waals surface area contributed by atoms with Crippen LogP contribution in [-0.4, -0.2) is 25.0 Å². The molecule has 0 aromatic heterocycles. The highest BCUT2D eigenvalue weighted by Gasteiger charge is 2.37. The number of aryl methyl sites for hydroxylation is 3. The second kappa shape index (κ2) is 10.1. The van der Waals surface area contributed by atoms with Crippen molar-refractivity contribution in [3.8, 4) is 11.5 Å². The summed E-state index contributed by atoms with van der Waals surface area (Å²) in [4.78, 5) is 39.4. The van der Waals surface area contributed by atoms with Gasteiger partial charge in [-0.25, -0.2) is 9.69 Å². The smallest absolute Gasteiger partial charge is 0.335 e. The maximum Gasteiger partial charge on any atom is 0.335 e. The van der Waals surface area contributed by atoms with Gasteiger partial charge in [0.15, 0.2) is 11.5 Å². The molecular formula is C29H28N2O5. The fraction of sp³-hybridized carbons (Fsp3) is 0.207. The van der Waals surface area contributed by atoms with Gasteiger partial charge in [0.25, 0.3) is 11.8 Å². The normalized spacial score (nSPS) is 14.8. The van der Waals surface area contributed by atoms with Gasteiger partial charge >= 0.3 is 6.03 Å². The van der Waals surface area contributed by atoms with Crippen molar-refractivity contribution < 1.29 is 23.9 Å². The van der Waals surface area contributed by atoms with Crippen LogP contribution in [-0.2, 0) is 16.2 Å². The van der Waals surface area contributed by atoms with E-state index in [-0.39, 0.29) is 5.57 Å². The molecule has 0 saturated carbocycles. The van der Waals surface area contributed by atoms with E-state index in [0.29, 0.717) is 29.4 Å². The average Bonchev–Trinajstić information content (AvgIpc) is 2.85. The van der Waals surface area contributed by atoms with E-state index in [0.717, 1.165) is 21.6 Å². The molecule has 1 aliphatic rings. The van der Waals surface area contributed by atoms with Gasteiger partial charge in [-0.05, 0) is 85.4 Å². The lowest BCUT2D eigenvalue weighted by Crippen LogP contribution is -2.54. The summed E-state index contributed by atoms with van der Waals surface area (Å²) in [5.41, 5.74) is 5.98. The Morgan fingerprint density at radius 2 is 1.64 bits per heavy atom. The van der Waals surface area contributed by atoms with E-state index in [9.17, 15) is 14.4 Å². The van der Waals surface area contributed by atoms with Crippen molar-refractivity contribution in [2.75, 3.05) is 12.0 Å². The first-order valence-electron chi connectivity index (χ1n) is 11.5. The number of hydrogen-bond donors (Lipinski definition) is 1. The van der Waals surface area contributed by atoms with Crippen LogP contribution in [0.4, 0.5) is 10.5 Å². The first-order valence-corrected chi connectivity index (χ1v) is 11.5. The number of carbonyl (C=O) groups is 3. The molecule has 0 unspecified atom stereocenters. The molecule has 3 aromatic carbocycles. The molecule has 1 saturated heterocycles. The Labute approximate surface area is 210 Å². The minimum Gasteiger partial charge on any atom is -0.493 e. The summed E-state index contributed by atoms with van der Waals surface area (Å²) in [5, 5.41) is 2.27. The van der Waals surface area contributed by atoms with Gasteiger partial charge in [0, 0.05) is 0 Å². The van der Waals surface area contributed by atoms with E-state index in [2.05, 4.69) is 31.3 Å². The summed E-state index contributed by atoms with van der Waals surface area (Å²) < 4.78 is 11.5. The first-order chi connectivity index (χ1) is 17.2. The Hall–Kier alpha value is -4.39. The zero-order valence-electron chi connectivity index (χ0n) is 21.0. The number of carbonyl (C=O) groups excluding carboxylic acids is 3. The summed E-state index contributed by atoms with van der Waals surface area (Å²) >= 11 is 0. The van der Waals surface area contributed by atoms with Crippen LogP contribution in [0.15, 0.2) is 60.2 Å². The summed E-state index contributed by atoms with van der Waals surface area (Å²) in [6, 6.07) is 15.8. The summed E-state index contributed by atoms with van der Waals surface area (Å²) in [6.07, 6.45) is 1.44. The molecule has 0 spiro atoms. The maximum atomic E-state index is 13.3. The van der Waals surface area contributed by atoms with Gasteiger partial charge in [-0.15, -0.1) is 0 Å². The van der Waals surface area contributed by atoms with Crippen LogP contribution in [0, 0.1) is 27.7 Å². The molecule has 36 heavy (non-hydrogen) atoms. The number of ether oxygens (including phenoxy) is 2. The molecule has 1 aliphatic heterocycles. The lowest BCUT2D eigenvalue weighted by molar-refractivity contribution is -0.122. The molecule has 1 fully saturated rings. The minimum atomic E-state index is -0.775. The highest BCUT2D eigenvalue weighted by atomic mass is 16.5. The predicted molar refractivity (Wildman–Crippen MR) is 138 cm³/mol. The highest BCUT2D eigenvalue weighted by Crippen LogP contribution is 2.31. The summed E-state index contributed by atoms with van der Waals surface area (Å²) in [5.74, 6) is -0.448. The molecule has 7 nitrogen and oxygen atoms in total. The summed E-state index contributed by atoms with van der Waals surface area (Å²) in [6.45, 7) is 8.20. The molecule has 0 radical (unpaired) electrons. The lowest BCUT2D eigenvalue weighted by atomic mass is 10.0. The van der Waals surface area contributed by atoms with Crippen LogP contribution >= 0.6 is 0 Å². The van der Waals surface area contributed by atoms with Crippen LogP contribution in [0.1, 0.15) is 33.4 Å². The van der Waals surface area contributed by atoms with Crippen LogP contribution in [0.3, 0.4) is 0 Å². The van der Waals surface area contributed by atoms with Gasteiger partial charge in [-0.2, -0.15) is 0 Å². The van der Waals surface area contributed by atoms with Crippen LogP contribution < -0.4 is 19.7 Å². The van der Waals surface area contributed by atoms with Crippen LogP contribution in [0.2, 0.25) is 0 Å². The van der Waals surface area contributed by atoms with Crippen molar-refractivity contribution in [1.29, 1.82) is 0 Å². The van der Waals surface area contributed by atoms with E-state index in [1.807, 2.05) is 26.0 Å². The zero-order chi connectivity index (χ0) is 26.0. The Bertz CT molecular complexity index is 1410. The Balaban J connectivity index is 1.61. The van der Waals surface area contributed by atoms with Crippen molar-refractivity contribution in [2.45, 2.75) is 34.3 Å². The topological polar surface area (TPSA) is 84.9 Å². The van der Waals surface area contributed by atoms with Gasteiger partial charge in [-0.1, -0.05) is 36.4 Å². The molecular weight excluding hydrogens is 456 g/mol. The van der Waals surface area contributed by atoms with Crippen LogP contribution in [0.25, 0.3) is 6.08 Å². The van der Waals surface area contributed by atoms with Gasteiger partial charge in [0.05, 0.1) is 12.8 Å². The standard InChI is InChI=1S/C29H28N2O5/c1-17-9-10-22(13-19(17)3)16-36-25-12-11-21(15-26(25)35-5)14-23-27(32)30-29(34)31(28(23)33)24-8-6-7-18(2)20(24)4/h6-15H,16H2,1-5H3,(H,30,32,34)/b23-14+. The number of barbiturate groups is 1. The van der Waals surface area contributed by atoms with E-state index < -0.39 is 17.8 Å². The number of nitrogens with one attached hydrogen (secondary N) is 1. The molecule has 0 atom stereocenters. The quantitative estimate of drug-likeness (QED) is 0.385. The second-order valence-corrected chi connectivity index (χ2v) is 8.79. The average molecular weight is 485 g/mol. The molecule has 0 bridgehead atoms. The Kier molecular flexibility index (Phi) is 6.92. The first kappa shape index (κ1) is 24.7. The third-order valence-corrected chi connectivity index (χ3v) is 6.38. The number of hydrogen-bond acceptors (Lipinski definition) is 5. The Morgan fingerprint density at radius 3 is 2.36 bits per heavy atom. The molecule has 3 aromatic rings. The van der Waals surface area contributed by atoms with Gasteiger partial charge in [0.2, 0.25) is 0 Å². The third kappa shape index (κ3) is 4.86. The van der Waals surface area contributed by atoms with Crippen molar-refractivity contribution in [3.05, 3.63) is 93.6 Å². The molecule has 184 valence electrons. The van der Waals surface area contributed by atoms with E-state index >= 15 is 0 Å². The third-order valence-electron chi connectivity index (χ3n) is 6.38. The number of amides is 4. The van der Waals surface area contributed by atoms with Crippen molar-refractivity contribution in [2.24, 2.45) is 0 Å². The number of anilines is 1.